The number of hydrogen-bond acceptors (Lipinski definition) is 2. The van der Waals surface area contributed by atoms with E-state index in [1.54, 1.807) is 11.3 Å². The van der Waals surface area contributed by atoms with Crippen LogP contribution in [-0.2, 0) is 20.1 Å². The molecule has 0 atom stereocenters. The van der Waals surface area contributed by atoms with Crippen LogP contribution in [0.4, 0.5) is 0 Å². The first-order valence-corrected chi connectivity index (χ1v) is 9.50. The van der Waals surface area contributed by atoms with Crippen molar-refractivity contribution in [1.82, 2.24) is 9.47 Å². The Labute approximate surface area is 157 Å². The molecule has 3 nitrogen and oxygen atoms in total. The lowest BCUT2D eigenvalue weighted by atomic mass is 10.0. The molecule has 4 heteroatoms. The van der Waals surface area contributed by atoms with Gasteiger partial charge < -0.3 is 9.47 Å². The molecule has 0 bridgehead atoms. The number of nitrogens with zero attached hydrogens (tertiary/aromatic N) is 2. The number of carbonyl (C=O) groups is 1. The minimum Gasteiger partial charge on any atom is -0.353 e. The van der Waals surface area contributed by atoms with Gasteiger partial charge in [0.2, 0.25) is 0 Å². The maximum Gasteiger partial charge on any atom is 0.255 e. The number of rotatable bonds is 5. The minimum absolute atomic E-state index is 0.0661. The van der Waals surface area contributed by atoms with Gasteiger partial charge in [-0.1, -0.05) is 42.5 Å². The number of aryl methyl sites for hydroxylation is 1. The normalized spacial score (nSPS) is 11.0. The third kappa shape index (κ3) is 3.28. The van der Waals surface area contributed by atoms with E-state index in [9.17, 15) is 4.79 Å². The summed E-state index contributed by atoms with van der Waals surface area (Å²) >= 11 is 1.68. The molecule has 0 N–H and O–H groups in total. The second kappa shape index (κ2) is 7.18. The molecule has 1 amide bonds. The number of thiophene rings is 1. The average Bonchev–Trinajstić information content (AvgIpc) is 3.32. The largest absolute Gasteiger partial charge is 0.353 e. The highest BCUT2D eigenvalue weighted by molar-refractivity contribution is 7.09. The van der Waals surface area contributed by atoms with Gasteiger partial charge in [-0.25, -0.2) is 0 Å². The Bertz CT molecular complexity index is 1030. The molecule has 4 aromatic rings. The van der Waals surface area contributed by atoms with Crippen molar-refractivity contribution in [2.45, 2.75) is 13.1 Å². The zero-order valence-corrected chi connectivity index (χ0v) is 15.4. The molecule has 0 aliphatic carbocycles. The zero-order valence-electron chi connectivity index (χ0n) is 14.6. The van der Waals surface area contributed by atoms with Crippen LogP contribution in [-0.4, -0.2) is 15.4 Å². The van der Waals surface area contributed by atoms with Crippen molar-refractivity contribution in [3.63, 3.8) is 0 Å². The van der Waals surface area contributed by atoms with Crippen LogP contribution in [0.15, 0.2) is 78.3 Å². The van der Waals surface area contributed by atoms with Crippen molar-refractivity contribution in [3.8, 4) is 0 Å². The Morgan fingerprint density at radius 3 is 2.58 bits per heavy atom. The fourth-order valence-corrected chi connectivity index (χ4v) is 3.95. The maximum atomic E-state index is 13.4. The zero-order chi connectivity index (χ0) is 17.9. The van der Waals surface area contributed by atoms with Gasteiger partial charge in [-0.15, -0.1) is 11.3 Å². The second-order valence-electron chi connectivity index (χ2n) is 6.38. The highest BCUT2D eigenvalue weighted by atomic mass is 32.1. The monoisotopic (exact) mass is 360 g/mol. The Kier molecular flexibility index (Phi) is 4.59. The Balaban J connectivity index is 1.72. The first-order chi connectivity index (χ1) is 12.7. The number of amides is 1. The van der Waals surface area contributed by atoms with Crippen molar-refractivity contribution in [3.05, 3.63) is 94.4 Å². The van der Waals surface area contributed by atoms with Crippen LogP contribution >= 0.6 is 11.3 Å². The smallest absolute Gasteiger partial charge is 0.255 e. The van der Waals surface area contributed by atoms with Crippen LogP contribution in [0.5, 0.6) is 0 Å². The number of carbonyl (C=O) groups excluding carboxylic acids is 1. The Morgan fingerprint density at radius 1 is 0.962 bits per heavy atom. The summed E-state index contributed by atoms with van der Waals surface area (Å²) in [4.78, 5) is 16.6. The first-order valence-electron chi connectivity index (χ1n) is 8.62. The molecule has 4 rings (SSSR count). The van der Waals surface area contributed by atoms with Crippen LogP contribution in [0.25, 0.3) is 10.8 Å². The molecule has 0 unspecified atom stereocenters. The van der Waals surface area contributed by atoms with E-state index in [0.29, 0.717) is 13.1 Å². The highest BCUT2D eigenvalue weighted by Crippen LogP contribution is 2.23. The Morgan fingerprint density at radius 2 is 1.81 bits per heavy atom. The molecule has 0 aliphatic rings. The van der Waals surface area contributed by atoms with Crippen molar-refractivity contribution in [1.29, 1.82) is 0 Å². The summed E-state index contributed by atoms with van der Waals surface area (Å²) in [5, 5.41) is 4.15. The Hall–Kier alpha value is -2.85. The average molecular weight is 360 g/mol. The van der Waals surface area contributed by atoms with E-state index in [-0.39, 0.29) is 5.91 Å². The van der Waals surface area contributed by atoms with E-state index >= 15 is 0 Å². The van der Waals surface area contributed by atoms with E-state index in [4.69, 9.17) is 0 Å². The summed E-state index contributed by atoms with van der Waals surface area (Å²) in [7, 11) is 2.01. The standard InChI is InChI=1S/C22H20N2OS/c1-23-13-5-9-18(23)15-24(16-19-10-6-14-26-19)22(25)21-12-4-8-17-7-2-3-11-20(17)21/h2-14H,15-16H2,1H3. The van der Waals surface area contributed by atoms with E-state index in [1.807, 2.05) is 72.7 Å². The predicted molar refractivity (Wildman–Crippen MR) is 107 cm³/mol. The van der Waals surface area contributed by atoms with Gasteiger partial charge >= 0.3 is 0 Å². The molecule has 2 heterocycles. The molecule has 0 saturated carbocycles. The fourth-order valence-electron chi connectivity index (χ4n) is 3.23. The minimum atomic E-state index is 0.0661. The van der Waals surface area contributed by atoms with Crippen LogP contribution in [0.1, 0.15) is 20.9 Å². The fraction of sp³-hybridized carbons (Fsp3) is 0.136. The number of fused-ring (bicyclic) bond motifs is 1. The molecule has 0 spiro atoms. The molecule has 130 valence electrons. The van der Waals surface area contributed by atoms with E-state index in [1.165, 1.54) is 4.88 Å². The lowest BCUT2D eigenvalue weighted by Crippen LogP contribution is -2.30. The molecule has 2 aromatic carbocycles. The maximum absolute atomic E-state index is 13.4. The highest BCUT2D eigenvalue weighted by Gasteiger charge is 2.20. The van der Waals surface area contributed by atoms with Crippen LogP contribution in [0, 0.1) is 0 Å². The van der Waals surface area contributed by atoms with Gasteiger partial charge in [0, 0.05) is 29.4 Å². The molecule has 2 aromatic heterocycles. The number of aromatic nitrogens is 1. The summed E-state index contributed by atoms with van der Waals surface area (Å²) in [6, 6.07) is 22.2. The topological polar surface area (TPSA) is 25.2 Å². The molecule has 0 saturated heterocycles. The summed E-state index contributed by atoms with van der Waals surface area (Å²) in [5.41, 5.74) is 1.88. The van der Waals surface area contributed by atoms with Gasteiger partial charge in [-0.2, -0.15) is 0 Å². The van der Waals surface area contributed by atoms with Crippen LogP contribution in [0.2, 0.25) is 0 Å². The van der Waals surface area contributed by atoms with Gasteiger partial charge in [-0.05, 0) is 40.4 Å². The van der Waals surface area contributed by atoms with Crippen molar-refractivity contribution in [2.24, 2.45) is 7.05 Å². The molecule has 26 heavy (non-hydrogen) atoms. The number of benzene rings is 2. The lowest BCUT2D eigenvalue weighted by Gasteiger charge is -2.23. The van der Waals surface area contributed by atoms with E-state index in [2.05, 4.69) is 22.1 Å². The quantitative estimate of drug-likeness (QED) is 0.487. The molecular weight excluding hydrogens is 340 g/mol. The SMILES string of the molecule is Cn1cccc1CN(Cc1cccs1)C(=O)c1cccc2ccccc12. The van der Waals surface area contributed by atoms with Crippen LogP contribution < -0.4 is 0 Å². The van der Waals surface area contributed by atoms with Crippen molar-refractivity contribution >= 4 is 28.0 Å². The van der Waals surface area contributed by atoms with Crippen molar-refractivity contribution < 1.29 is 4.79 Å². The third-order valence-electron chi connectivity index (χ3n) is 4.64. The van der Waals surface area contributed by atoms with Gasteiger partial charge in [0.25, 0.3) is 5.91 Å². The lowest BCUT2D eigenvalue weighted by molar-refractivity contribution is 0.0730. The van der Waals surface area contributed by atoms with E-state index in [0.717, 1.165) is 22.0 Å². The predicted octanol–water partition coefficient (Wildman–Crippen LogP) is 5.08. The second-order valence-corrected chi connectivity index (χ2v) is 7.41. The summed E-state index contributed by atoms with van der Waals surface area (Å²) in [5.74, 6) is 0.0661. The summed E-state index contributed by atoms with van der Waals surface area (Å²) in [6.07, 6.45) is 2.01. The van der Waals surface area contributed by atoms with Gasteiger partial charge in [0.05, 0.1) is 13.1 Å². The van der Waals surface area contributed by atoms with Gasteiger partial charge in [-0.3, -0.25) is 4.79 Å². The van der Waals surface area contributed by atoms with Gasteiger partial charge in [0.15, 0.2) is 0 Å². The van der Waals surface area contributed by atoms with Crippen LogP contribution in [0.3, 0.4) is 0 Å². The summed E-state index contributed by atoms with van der Waals surface area (Å²) < 4.78 is 2.07. The van der Waals surface area contributed by atoms with Crippen molar-refractivity contribution in [2.75, 3.05) is 0 Å². The summed E-state index contributed by atoms with van der Waals surface area (Å²) in [6.45, 7) is 1.20. The molecule has 0 fully saturated rings. The van der Waals surface area contributed by atoms with Gasteiger partial charge in [0.1, 0.15) is 0 Å². The molecular formula is C22H20N2OS. The van der Waals surface area contributed by atoms with E-state index < -0.39 is 0 Å². The first kappa shape index (κ1) is 16.6. The molecule has 0 aliphatic heterocycles. The third-order valence-corrected chi connectivity index (χ3v) is 5.50. The molecule has 0 radical (unpaired) electrons. The number of hydrogen-bond donors (Lipinski definition) is 0.